The highest BCUT2D eigenvalue weighted by Crippen LogP contribution is 2.39. The van der Waals surface area contributed by atoms with E-state index in [4.69, 9.17) is 4.74 Å². The van der Waals surface area contributed by atoms with Crippen molar-refractivity contribution in [1.29, 1.82) is 0 Å². The van der Waals surface area contributed by atoms with Crippen LogP contribution in [0.2, 0.25) is 0 Å². The van der Waals surface area contributed by atoms with E-state index in [1.54, 1.807) is 10.9 Å². The molecule has 2 atom stereocenters. The summed E-state index contributed by atoms with van der Waals surface area (Å²) in [4.78, 5) is 14.6. The van der Waals surface area contributed by atoms with E-state index in [1.165, 1.54) is 12.8 Å². The molecule has 4 rings (SSSR count). The fourth-order valence-corrected chi connectivity index (χ4v) is 3.21. The van der Waals surface area contributed by atoms with Crippen molar-refractivity contribution >= 4 is 5.91 Å². The predicted molar refractivity (Wildman–Crippen MR) is 85.6 cm³/mol. The second kappa shape index (κ2) is 6.16. The van der Waals surface area contributed by atoms with E-state index < -0.39 is 0 Å². The number of hydrogen-bond donors (Lipinski definition) is 0. The summed E-state index contributed by atoms with van der Waals surface area (Å²) in [5.74, 6) is 0.727. The maximum atomic E-state index is 12.6. The topological polar surface area (TPSA) is 47.4 Å². The number of benzene rings is 1. The molecule has 1 aromatic carbocycles. The molecule has 1 aliphatic heterocycles. The number of carbonyl (C=O) groups is 1. The van der Waals surface area contributed by atoms with Crippen molar-refractivity contribution < 1.29 is 9.53 Å². The van der Waals surface area contributed by atoms with Gasteiger partial charge in [0.2, 0.25) is 5.91 Å². The number of carbonyl (C=O) groups excluding carboxylic acids is 1. The Morgan fingerprint density at radius 1 is 1.17 bits per heavy atom. The van der Waals surface area contributed by atoms with Crippen LogP contribution in [0, 0.1) is 5.92 Å². The number of rotatable bonds is 4. The number of nitrogens with zero attached hydrogens (tertiary/aromatic N) is 3. The van der Waals surface area contributed by atoms with Crippen molar-refractivity contribution in [3.63, 3.8) is 0 Å². The molecule has 1 aromatic heterocycles. The molecule has 2 fully saturated rings. The SMILES string of the molecule is O=C(Cn1cccn1)N1C[C@@H](c2ccccc2)O[C@@H](C2CC2)C1. The predicted octanol–water partition coefficient (Wildman–Crippen LogP) is 2.26. The van der Waals surface area contributed by atoms with Crippen LogP contribution >= 0.6 is 0 Å². The van der Waals surface area contributed by atoms with Gasteiger partial charge >= 0.3 is 0 Å². The second-order valence-electron chi connectivity index (χ2n) is 6.41. The van der Waals surface area contributed by atoms with Gasteiger partial charge in [0.05, 0.1) is 12.6 Å². The van der Waals surface area contributed by atoms with Gasteiger partial charge in [-0.2, -0.15) is 5.10 Å². The lowest BCUT2D eigenvalue weighted by atomic mass is 10.0. The van der Waals surface area contributed by atoms with Gasteiger partial charge in [0.1, 0.15) is 12.6 Å². The molecular formula is C18H21N3O2. The Hall–Kier alpha value is -2.14. The molecule has 0 bridgehead atoms. The van der Waals surface area contributed by atoms with E-state index in [9.17, 15) is 4.79 Å². The molecular weight excluding hydrogens is 290 g/mol. The van der Waals surface area contributed by atoms with Crippen LogP contribution in [-0.4, -0.2) is 39.8 Å². The normalized spacial score (nSPS) is 24.6. The lowest BCUT2D eigenvalue weighted by Gasteiger charge is -2.38. The molecule has 120 valence electrons. The molecule has 5 nitrogen and oxygen atoms in total. The Kier molecular flexibility index (Phi) is 3.87. The van der Waals surface area contributed by atoms with Crippen molar-refractivity contribution in [3.05, 3.63) is 54.4 Å². The van der Waals surface area contributed by atoms with Crippen molar-refractivity contribution in [3.8, 4) is 0 Å². The number of amides is 1. The zero-order valence-corrected chi connectivity index (χ0v) is 13.0. The summed E-state index contributed by atoms with van der Waals surface area (Å²) >= 11 is 0. The van der Waals surface area contributed by atoms with Crippen molar-refractivity contribution in [2.45, 2.75) is 31.6 Å². The van der Waals surface area contributed by atoms with Crippen LogP contribution in [0.5, 0.6) is 0 Å². The Bertz CT molecular complexity index is 652. The van der Waals surface area contributed by atoms with E-state index in [2.05, 4.69) is 17.2 Å². The quantitative estimate of drug-likeness (QED) is 0.870. The molecule has 1 aliphatic carbocycles. The molecule has 23 heavy (non-hydrogen) atoms. The van der Waals surface area contributed by atoms with Gasteiger partial charge in [-0.15, -0.1) is 0 Å². The Morgan fingerprint density at radius 2 is 2.00 bits per heavy atom. The molecule has 1 amide bonds. The first-order chi connectivity index (χ1) is 11.3. The van der Waals surface area contributed by atoms with E-state index in [-0.39, 0.29) is 18.1 Å². The third-order valence-electron chi connectivity index (χ3n) is 4.65. The summed E-state index contributed by atoms with van der Waals surface area (Å²) in [6.07, 6.45) is 6.09. The highest BCUT2D eigenvalue weighted by Gasteiger charge is 2.40. The summed E-state index contributed by atoms with van der Waals surface area (Å²) in [5.41, 5.74) is 1.15. The zero-order chi connectivity index (χ0) is 15.6. The van der Waals surface area contributed by atoms with Crippen LogP contribution < -0.4 is 0 Å². The molecule has 1 saturated carbocycles. The number of hydrogen-bond acceptors (Lipinski definition) is 3. The lowest BCUT2D eigenvalue weighted by molar-refractivity contribution is -0.148. The molecule has 0 spiro atoms. The molecule has 1 saturated heterocycles. The summed E-state index contributed by atoms with van der Waals surface area (Å²) < 4.78 is 7.98. The van der Waals surface area contributed by atoms with Crippen LogP contribution in [0.4, 0.5) is 0 Å². The first-order valence-electron chi connectivity index (χ1n) is 8.25. The lowest BCUT2D eigenvalue weighted by Crippen LogP contribution is -2.48. The van der Waals surface area contributed by atoms with E-state index in [0.717, 1.165) is 5.56 Å². The van der Waals surface area contributed by atoms with Gasteiger partial charge in [-0.3, -0.25) is 9.48 Å². The van der Waals surface area contributed by atoms with Crippen LogP contribution in [0.3, 0.4) is 0 Å². The zero-order valence-electron chi connectivity index (χ0n) is 13.0. The molecule has 5 heteroatoms. The number of aromatic nitrogens is 2. The van der Waals surface area contributed by atoms with Crippen LogP contribution in [0.1, 0.15) is 24.5 Å². The van der Waals surface area contributed by atoms with Gasteiger partial charge in [0.15, 0.2) is 0 Å². The molecule has 2 heterocycles. The first kappa shape index (κ1) is 14.5. The minimum absolute atomic E-state index is 0.0304. The summed E-state index contributed by atoms with van der Waals surface area (Å²) in [5, 5.41) is 4.13. The van der Waals surface area contributed by atoms with Gasteiger partial charge in [-0.1, -0.05) is 30.3 Å². The highest BCUT2D eigenvalue weighted by molar-refractivity contribution is 5.76. The molecule has 2 aromatic rings. The van der Waals surface area contributed by atoms with E-state index in [0.29, 0.717) is 25.6 Å². The fraction of sp³-hybridized carbons (Fsp3) is 0.444. The van der Waals surface area contributed by atoms with Gasteiger partial charge in [-0.25, -0.2) is 0 Å². The molecule has 0 unspecified atom stereocenters. The third kappa shape index (κ3) is 3.29. The smallest absolute Gasteiger partial charge is 0.244 e. The Labute approximate surface area is 135 Å². The minimum atomic E-state index is -0.0304. The number of morpholine rings is 1. The van der Waals surface area contributed by atoms with E-state index >= 15 is 0 Å². The molecule has 0 N–H and O–H groups in total. The maximum Gasteiger partial charge on any atom is 0.244 e. The monoisotopic (exact) mass is 311 g/mol. The van der Waals surface area contributed by atoms with Crippen LogP contribution in [0.25, 0.3) is 0 Å². The largest absolute Gasteiger partial charge is 0.366 e. The highest BCUT2D eigenvalue weighted by atomic mass is 16.5. The molecule has 2 aliphatic rings. The number of ether oxygens (including phenoxy) is 1. The second-order valence-corrected chi connectivity index (χ2v) is 6.41. The molecule has 0 radical (unpaired) electrons. The van der Waals surface area contributed by atoms with Gasteiger partial charge < -0.3 is 9.64 Å². The standard InChI is InChI=1S/C18H21N3O2/c22-18(13-21-10-4-9-19-21)20-11-16(14-5-2-1-3-6-14)23-17(12-20)15-7-8-15/h1-6,9-10,15-17H,7-8,11-13H2/t16-,17+/m0/s1. The van der Waals surface area contributed by atoms with Crippen molar-refractivity contribution in [1.82, 2.24) is 14.7 Å². The summed E-state index contributed by atoms with van der Waals surface area (Å²) in [6.45, 7) is 1.62. The van der Waals surface area contributed by atoms with Crippen molar-refractivity contribution in [2.75, 3.05) is 13.1 Å². The van der Waals surface area contributed by atoms with Crippen LogP contribution in [-0.2, 0) is 16.1 Å². The van der Waals surface area contributed by atoms with Gasteiger partial charge in [0, 0.05) is 18.9 Å². The van der Waals surface area contributed by atoms with E-state index in [1.807, 2.05) is 35.4 Å². The third-order valence-corrected chi connectivity index (χ3v) is 4.65. The van der Waals surface area contributed by atoms with Gasteiger partial charge in [-0.05, 0) is 30.4 Å². The average Bonchev–Trinajstić information content (AvgIpc) is 3.33. The first-order valence-corrected chi connectivity index (χ1v) is 8.25. The Morgan fingerprint density at radius 3 is 2.70 bits per heavy atom. The minimum Gasteiger partial charge on any atom is -0.366 e. The summed E-state index contributed by atoms with van der Waals surface area (Å²) in [6, 6.07) is 12.1. The Balaban J connectivity index is 1.50. The fourth-order valence-electron chi connectivity index (χ4n) is 3.21. The summed E-state index contributed by atoms with van der Waals surface area (Å²) in [7, 11) is 0. The van der Waals surface area contributed by atoms with Crippen molar-refractivity contribution in [2.24, 2.45) is 5.92 Å². The van der Waals surface area contributed by atoms with Gasteiger partial charge in [0.25, 0.3) is 0 Å². The van der Waals surface area contributed by atoms with Crippen LogP contribution in [0.15, 0.2) is 48.8 Å². The maximum absolute atomic E-state index is 12.6. The average molecular weight is 311 g/mol.